The predicted molar refractivity (Wildman–Crippen MR) is 58.9 cm³/mol. The number of anilines is 1. The molecule has 7 heteroatoms. The van der Waals surface area contributed by atoms with Crippen molar-refractivity contribution < 1.29 is 8.78 Å². The van der Waals surface area contributed by atoms with Crippen LogP contribution < -0.4 is 5.32 Å². The van der Waals surface area contributed by atoms with Gasteiger partial charge in [-0.3, -0.25) is 0 Å². The topological polar surface area (TPSA) is 83.4 Å². The molecule has 0 unspecified atom stereocenters. The molecular weight excluding hydrogens is 262 g/mol. The number of allylic oxidation sites excluding steroid dienone is 2. The molecule has 0 aromatic heterocycles. The maximum Gasteiger partial charge on any atom is 0.183 e. The average molecular weight is 265 g/mol. The van der Waals surface area contributed by atoms with E-state index in [4.69, 9.17) is 27.4 Å². The number of rotatable bonds is 2. The van der Waals surface area contributed by atoms with Crippen LogP contribution in [0.5, 0.6) is 0 Å². The van der Waals surface area contributed by atoms with E-state index in [1.807, 2.05) is 0 Å². The average Bonchev–Trinajstić information content (AvgIpc) is 2.38. The van der Waals surface area contributed by atoms with Crippen LogP contribution in [-0.4, -0.2) is 0 Å². The number of nitrogens with one attached hydrogen (secondary N) is 1. The van der Waals surface area contributed by atoms with E-state index in [1.165, 1.54) is 18.2 Å². The van der Waals surface area contributed by atoms with Gasteiger partial charge >= 0.3 is 0 Å². The molecule has 1 aromatic carbocycles. The van der Waals surface area contributed by atoms with E-state index < -0.39 is 28.6 Å². The minimum absolute atomic E-state index is 0.183. The van der Waals surface area contributed by atoms with Gasteiger partial charge in [0, 0.05) is 0 Å². The van der Waals surface area contributed by atoms with Crippen LogP contribution in [0, 0.1) is 45.6 Å². The summed E-state index contributed by atoms with van der Waals surface area (Å²) in [5.74, 6) is -2.47. The van der Waals surface area contributed by atoms with Gasteiger partial charge in [0.2, 0.25) is 0 Å². The molecule has 0 amide bonds. The zero-order valence-corrected chi connectivity index (χ0v) is 9.39. The van der Waals surface area contributed by atoms with Crippen LogP contribution in [0.2, 0.25) is 5.02 Å². The molecule has 88 valence electrons. The van der Waals surface area contributed by atoms with Gasteiger partial charge in [-0.25, -0.2) is 8.78 Å². The van der Waals surface area contributed by atoms with Crippen molar-refractivity contribution in [3.8, 4) is 18.2 Å². The van der Waals surface area contributed by atoms with Gasteiger partial charge < -0.3 is 5.32 Å². The van der Waals surface area contributed by atoms with Crippen LogP contribution in [0.4, 0.5) is 14.5 Å². The molecule has 0 aliphatic heterocycles. The van der Waals surface area contributed by atoms with E-state index >= 15 is 0 Å². The summed E-state index contributed by atoms with van der Waals surface area (Å²) in [5, 5.41) is 27.8. The summed E-state index contributed by atoms with van der Waals surface area (Å²) in [5.41, 5.74) is -1.57. The van der Waals surface area contributed by atoms with E-state index in [-0.39, 0.29) is 5.02 Å². The first-order chi connectivity index (χ1) is 8.54. The largest absolute Gasteiger partial charge is 0.341 e. The maximum atomic E-state index is 13.4. The number of benzene rings is 1. The molecular formula is C11H3ClF2N4. The molecule has 0 radical (unpaired) electrons. The first-order valence-electron chi connectivity index (χ1n) is 4.40. The van der Waals surface area contributed by atoms with Gasteiger partial charge in [-0.2, -0.15) is 15.8 Å². The molecule has 1 aromatic rings. The summed E-state index contributed by atoms with van der Waals surface area (Å²) in [6, 6.07) is 6.30. The molecule has 0 heterocycles. The molecule has 0 fully saturated rings. The second-order valence-electron chi connectivity index (χ2n) is 2.93. The van der Waals surface area contributed by atoms with Crippen molar-refractivity contribution in [2.45, 2.75) is 0 Å². The van der Waals surface area contributed by atoms with E-state index in [0.717, 1.165) is 12.1 Å². The highest BCUT2D eigenvalue weighted by Crippen LogP contribution is 2.28. The van der Waals surface area contributed by atoms with Crippen LogP contribution in [0.15, 0.2) is 23.4 Å². The van der Waals surface area contributed by atoms with E-state index in [2.05, 4.69) is 5.32 Å². The summed E-state index contributed by atoms with van der Waals surface area (Å²) < 4.78 is 26.4. The summed E-state index contributed by atoms with van der Waals surface area (Å²) in [6.07, 6.45) is 0. The van der Waals surface area contributed by atoms with Crippen LogP contribution >= 0.6 is 11.6 Å². The molecule has 1 N–H and O–H groups in total. The summed E-state index contributed by atoms with van der Waals surface area (Å²) in [4.78, 5) is 0. The molecule has 0 saturated heterocycles. The van der Waals surface area contributed by atoms with Gasteiger partial charge in [0.25, 0.3) is 0 Å². The number of hydrogen-bond donors (Lipinski definition) is 1. The molecule has 4 nitrogen and oxygen atoms in total. The third-order valence-electron chi connectivity index (χ3n) is 1.88. The van der Waals surface area contributed by atoms with Crippen molar-refractivity contribution in [2.75, 3.05) is 5.32 Å². The Bertz CT molecular complexity index is 631. The first-order valence-corrected chi connectivity index (χ1v) is 4.78. The molecule has 0 aliphatic rings. The zero-order valence-electron chi connectivity index (χ0n) is 8.63. The van der Waals surface area contributed by atoms with Crippen LogP contribution in [0.25, 0.3) is 0 Å². The fourth-order valence-electron chi connectivity index (χ4n) is 1.05. The minimum atomic E-state index is -1.30. The Morgan fingerprint density at radius 2 is 1.72 bits per heavy atom. The predicted octanol–water partition coefficient (Wildman–Crippen LogP) is 2.85. The second-order valence-corrected chi connectivity index (χ2v) is 3.34. The molecule has 1 rings (SSSR count). The van der Waals surface area contributed by atoms with E-state index in [9.17, 15) is 8.78 Å². The molecule has 0 spiro atoms. The molecule has 0 atom stereocenters. The van der Waals surface area contributed by atoms with Gasteiger partial charge in [0.15, 0.2) is 17.2 Å². The van der Waals surface area contributed by atoms with Gasteiger partial charge in [-0.05, 0) is 12.1 Å². The van der Waals surface area contributed by atoms with Gasteiger partial charge in [0.1, 0.15) is 23.9 Å². The lowest BCUT2D eigenvalue weighted by Gasteiger charge is -2.08. The third-order valence-corrected chi connectivity index (χ3v) is 2.19. The molecule has 0 aliphatic carbocycles. The molecule has 18 heavy (non-hydrogen) atoms. The summed E-state index contributed by atoms with van der Waals surface area (Å²) >= 11 is 5.63. The van der Waals surface area contributed by atoms with Crippen LogP contribution in [0.3, 0.4) is 0 Å². The van der Waals surface area contributed by atoms with Crippen molar-refractivity contribution in [3.63, 3.8) is 0 Å². The fraction of sp³-hybridized carbons (Fsp3) is 0. The van der Waals surface area contributed by atoms with Crippen LogP contribution in [-0.2, 0) is 0 Å². The highest BCUT2D eigenvalue weighted by atomic mass is 35.5. The van der Waals surface area contributed by atoms with Crippen molar-refractivity contribution >= 4 is 17.3 Å². The SMILES string of the molecule is N#CC(C#N)=C(C#N)Nc1c(Cl)ccc(F)c1F. The Labute approximate surface area is 106 Å². The lowest BCUT2D eigenvalue weighted by molar-refractivity contribution is 0.511. The van der Waals surface area contributed by atoms with E-state index in [1.54, 1.807) is 0 Å². The monoisotopic (exact) mass is 264 g/mol. The van der Waals surface area contributed by atoms with Crippen LogP contribution in [0.1, 0.15) is 0 Å². The maximum absolute atomic E-state index is 13.4. The Balaban J connectivity index is 3.34. The Kier molecular flexibility index (Phi) is 4.21. The molecule has 0 bridgehead atoms. The van der Waals surface area contributed by atoms with Crippen molar-refractivity contribution in [1.82, 2.24) is 0 Å². The molecule has 0 saturated carbocycles. The number of halogens is 3. The van der Waals surface area contributed by atoms with Gasteiger partial charge in [0.05, 0.1) is 10.7 Å². The van der Waals surface area contributed by atoms with E-state index in [0.29, 0.717) is 0 Å². The summed E-state index contributed by atoms with van der Waals surface area (Å²) in [7, 11) is 0. The van der Waals surface area contributed by atoms with Crippen molar-refractivity contribution in [2.24, 2.45) is 0 Å². The highest BCUT2D eigenvalue weighted by Gasteiger charge is 2.15. The first kappa shape index (κ1) is 13.4. The lowest BCUT2D eigenvalue weighted by Crippen LogP contribution is -2.04. The van der Waals surface area contributed by atoms with Crippen molar-refractivity contribution in [3.05, 3.63) is 40.1 Å². The third kappa shape index (κ3) is 2.55. The number of nitriles is 3. The van der Waals surface area contributed by atoms with Crippen molar-refractivity contribution in [1.29, 1.82) is 15.8 Å². The smallest absolute Gasteiger partial charge is 0.183 e. The minimum Gasteiger partial charge on any atom is -0.341 e. The second kappa shape index (κ2) is 5.63. The normalized spacial score (nSPS) is 8.67. The quantitative estimate of drug-likeness (QED) is 0.657. The Morgan fingerprint density at radius 1 is 1.11 bits per heavy atom. The van der Waals surface area contributed by atoms with Gasteiger partial charge in [-0.15, -0.1) is 0 Å². The number of nitrogens with zero attached hydrogens (tertiary/aromatic N) is 3. The highest BCUT2D eigenvalue weighted by molar-refractivity contribution is 6.33. The van der Waals surface area contributed by atoms with Gasteiger partial charge in [-0.1, -0.05) is 11.6 Å². The standard InChI is InChI=1S/C11H3ClF2N4/c12-7-1-2-8(13)10(14)11(7)18-9(5-17)6(3-15)4-16/h1-2,18H. The Hall–Kier alpha value is -2.62. The zero-order chi connectivity index (χ0) is 13.7. The lowest BCUT2D eigenvalue weighted by atomic mass is 10.2. The number of hydrogen-bond acceptors (Lipinski definition) is 4. The fourth-order valence-corrected chi connectivity index (χ4v) is 1.24. The Morgan fingerprint density at radius 3 is 2.22 bits per heavy atom. The summed E-state index contributed by atoms with van der Waals surface area (Å²) in [6.45, 7) is 0.